The second kappa shape index (κ2) is 13.8. The number of carbonyl (C=O) groups is 2. The van der Waals surface area contributed by atoms with Gasteiger partial charge in [-0.05, 0) is 56.2 Å². The van der Waals surface area contributed by atoms with Crippen LogP contribution < -0.4 is 20.7 Å². The fraction of sp³-hybridized carbons (Fsp3) is 0.571. The summed E-state index contributed by atoms with van der Waals surface area (Å²) in [6.45, 7) is 2.61. The monoisotopic (exact) mass is 565 g/mol. The highest BCUT2D eigenvalue weighted by atomic mass is 19.4. The van der Waals surface area contributed by atoms with Crippen LogP contribution in [0.2, 0.25) is 0 Å². The number of ether oxygens (including phenoxy) is 2. The molecule has 2 fully saturated rings. The lowest BCUT2D eigenvalue weighted by molar-refractivity contribution is -0.139. The van der Waals surface area contributed by atoms with E-state index in [1.807, 2.05) is 0 Å². The number of alkyl halides is 3. The minimum atomic E-state index is -4.62. The summed E-state index contributed by atoms with van der Waals surface area (Å²) in [5.41, 5.74) is -0.236. The van der Waals surface area contributed by atoms with Crippen molar-refractivity contribution in [3.8, 4) is 5.75 Å². The summed E-state index contributed by atoms with van der Waals surface area (Å²) < 4.78 is 52.3. The first-order valence-corrected chi connectivity index (χ1v) is 13.2. The van der Waals surface area contributed by atoms with Crippen LogP contribution in [0.3, 0.4) is 0 Å². The summed E-state index contributed by atoms with van der Waals surface area (Å²) in [7, 11) is 1.44. The molecule has 0 spiro atoms. The van der Waals surface area contributed by atoms with E-state index in [9.17, 15) is 22.8 Å². The molecular weight excluding hydrogens is 527 g/mol. The molecule has 0 unspecified atom stereocenters. The average Bonchev–Trinajstić information content (AvgIpc) is 2.90. The molecule has 2 heterocycles. The van der Waals surface area contributed by atoms with E-state index in [1.54, 1.807) is 18.2 Å². The fourth-order valence-corrected chi connectivity index (χ4v) is 5.19. The van der Waals surface area contributed by atoms with Gasteiger partial charge < -0.3 is 25.4 Å². The van der Waals surface area contributed by atoms with Gasteiger partial charge in [-0.1, -0.05) is 20.3 Å². The summed E-state index contributed by atoms with van der Waals surface area (Å²) in [6, 6.07) is 4.59. The second-order valence-electron chi connectivity index (χ2n) is 10.0. The van der Waals surface area contributed by atoms with E-state index in [1.165, 1.54) is 14.0 Å². The number of amides is 2. The molecule has 1 saturated carbocycles. The van der Waals surface area contributed by atoms with Gasteiger partial charge in [0.1, 0.15) is 5.75 Å². The van der Waals surface area contributed by atoms with Gasteiger partial charge in [0.05, 0.1) is 24.1 Å². The van der Waals surface area contributed by atoms with Gasteiger partial charge in [-0.3, -0.25) is 9.59 Å². The third-order valence-electron chi connectivity index (χ3n) is 7.19. The van der Waals surface area contributed by atoms with Gasteiger partial charge in [-0.25, -0.2) is 9.97 Å². The molecule has 1 aromatic heterocycles. The smallest absolute Gasteiger partial charge is 0.419 e. The van der Waals surface area contributed by atoms with Gasteiger partial charge in [0, 0.05) is 44.0 Å². The molecule has 2 amide bonds. The van der Waals surface area contributed by atoms with Crippen LogP contribution in [0.25, 0.3) is 0 Å². The van der Waals surface area contributed by atoms with Crippen LogP contribution in [0.5, 0.6) is 5.75 Å². The largest absolute Gasteiger partial charge is 0.495 e. The zero-order valence-electron chi connectivity index (χ0n) is 22.1. The van der Waals surface area contributed by atoms with Crippen molar-refractivity contribution in [3.63, 3.8) is 0 Å². The van der Waals surface area contributed by atoms with E-state index in [0.29, 0.717) is 43.1 Å². The van der Waals surface area contributed by atoms with Crippen molar-refractivity contribution in [3.05, 3.63) is 41.2 Å². The average molecular weight is 566 g/mol. The van der Waals surface area contributed by atoms with Crippen LogP contribution in [-0.4, -0.2) is 54.2 Å². The highest BCUT2D eigenvalue weighted by Crippen LogP contribution is 2.36. The number of methoxy groups -OCH3 is 1. The van der Waals surface area contributed by atoms with Crippen molar-refractivity contribution < 1.29 is 32.2 Å². The molecule has 2 aliphatic rings. The first-order chi connectivity index (χ1) is 18.6. The Morgan fingerprint density at radius 1 is 1.10 bits per heavy atom. The van der Waals surface area contributed by atoms with Crippen LogP contribution in [0, 0.1) is 5.92 Å². The Morgan fingerprint density at radius 2 is 1.82 bits per heavy atom. The molecule has 9 nitrogen and oxygen atoms in total. The molecule has 12 heteroatoms. The minimum Gasteiger partial charge on any atom is -0.495 e. The highest BCUT2D eigenvalue weighted by Gasteiger charge is 2.37. The molecule has 1 aliphatic carbocycles. The fourth-order valence-electron chi connectivity index (χ4n) is 5.19. The summed E-state index contributed by atoms with van der Waals surface area (Å²) in [5, 5.41) is 8.81. The topological polar surface area (TPSA) is 114 Å². The zero-order valence-corrected chi connectivity index (χ0v) is 22.1. The van der Waals surface area contributed by atoms with E-state index < -0.39 is 11.7 Å². The number of benzene rings is 1. The first-order valence-electron chi connectivity index (χ1n) is 13.2. The lowest BCUT2D eigenvalue weighted by Gasteiger charge is -2.32. The maximum Gasteiger partial charge on any atom is 0.419 e. The third kappa shape index (κ3) is 8.06. The van der Waals surface area contributed by atoms with Gasteiger partial charge in [-0.15, -0.1) is 0 Å². The zero-order chi connectivity index (χ0) is 28.0. The van der Waals surface area contributed by atoms with Gasteiger partial charge in [0.15, 0.2) is 0 Å². The van der Waals surface area contributed by atoms with Crippen LogP contribution in [0.15, 0.2) is 24.4 Å². The number of hydrogen-bond acceptors (Lipinski definition) is 7. The summed E-state index contributed by atoms with van der Waals surface area (Å²) >= 11 is 0. The van der Waals surface area contributed by atoms with Crippen LogP contribution in [0.4, 0.5) is 24.8 Å². The van der Waals surface area contributed by atoms with Crippen LogP contribution in [-0.2, 0) is 22.1 Å². The molecular formula is C28H38F3N5O4. The van der Waals surface area contributed by atoms with E-state index in [-0.39, 0.29) is 55.3 Å². The van der Waals surface area contributed by atoms with Gasteiger partial charge >= 0.3 is 6.18 Å². The SMILES string of the molecule is C.COc1cc(C(=O)NC2CCOCC2)ccc1Nc1ncc(C(F)(F)F)c(C[C@H]2CCCC[C@@H]2NC(C)=O)n1. The van der Waals surface area contributed by atoms with Crippen LogP contribution >= 0.6 is 0 Å². The second-order valence-corrected chi connectivity index (χ2v) is 10.0. The lowest BCUT2D eigenvalue weighted by atomic mass is 9.81. The highest BCUT2D eigenvalue weighted by molar-refractivity contribution is 5.95. The molecule has 1 saturated heterocycles. The number of aromatic nitrogens is 2. The normalized spacial score (nSPS) is 19.7. The quantitative estimate of drug-likeness (QED) is 0.411. The predicted octanol–water partition coefficient (Wildman–Crippen LogP) is 5.03. The number of halogens is 3. The van der Waals surface area contributed by atoms with Gasteiger partial charge in [-0.2, -0.15) is 13.2 Å². The minimum absolute atomic E-state index is 0. The van der Waals surface area contributed by atoms with Crippen molar-refractivity contribution in [2.24, 2.45) is 5.92 Å². The van der Waals surface area contributed by atoms with Crippen molar-refractivity contribution in [1.29, 1.82) is 0 Å². The molecule has 2 aromatic rings. The molecule has 220 valence electrons. The van der Waals surface area contributed by atoms with E-state index in [4.69, 9.17) is 9.47 Å². The number of anilines is 2. The Morgan fingerprint density at radius 3 is 2.50 bits per heavy atom. The standard InChI is InChI=1S/C27H34F3N5O4.CH4/c1-16(36)32-21-6-4-3-5-17(21)13-23-20(27(28,29)30)15-31-26(35-23)34-22-8-7-18(14-24(22)38-2)25(37)33-19-9-11-39-12-10-19;/h7-8,14-15,17,19,21H,3-6,9-13H2,1-2H3,(H,32,36)(H,33,37)(H,31,34,35);1H4/t17-,21+;/m1./s1. The Labute approximate surface area is 232 Å². The molecule has 2 atom stereocenters. The molecule has 4 rings (SSSR count). The molecule has 40 heavy (non-hydrogen) atoms. The summed E-state index contributed by atoms with van der Waals surface area (Å²) in [6.07, 6.45) is 0.890. The van der Waals surface area contributed by atoms with Crippen molar-refractivity contribution in [2.75, 3.05) is 25.6 Å². The lowest BCUT2D eigenvalue weighted by Crippen LogP contribution is -2.42. The van der Waals surface area contributed by atoms with Crippen molar-refractivity contribution >= 4 is 23.5 Å². The number of hydrogen-bond donors (Lipinski definition) is 3. The third-order valence-corrected chi connectivity index (χ3v) is 7.19. The maximum absolute atomic E-state index is 13.8. The first kappa shape index (κ1) is 31.1. The van der Waals surface area contributed by atoms with Crippen molar-refractivity contribution in [1.82, 2.24) is 20.6 Å². The Bertz CT molecular complexity index is 1170. The molecule has 1 aliphatic heterocycles. The number of nitrogens with one attached hydrogen (secondary N) is 3. The van der Waals surface area contributed by atoms with Crippen LogP contribution in [0.1, 0.15) is 74.5 Å². The number of carbonyl (C=O) groups excluding carboxylic acids is 2. The molecule has 1 aromatic carbocycles. The molecule has 0 bridgehead atoms. The Kier molecular flexibility index (Phi) is 10.7. The number of nitrogens with zero attached hydrogens (tertiary/aromatic N) is 2. The summed E-state index contributed by atoms with van der Waals surface area (Å²) in [5.74, 6) is -0.333. The molecule has 3 N–H and O–H groups in total. The Hall–Kier alpha value is -3.41. The number of rotatable bonds is 8. The maximum atomic E-state index is 13.8. The van der Waals surface area contributed by atoms with E-state index in [0.717, 1.165) is 31.9 Å². The molecule has 0 radical (unpaired) electrons. The van der Waals surface area contributed by atoms with E-state index in [2.05, 4.69) is 25.9 Å². The predicted molar refractivity (Wildman–Crippen MR) is 145 cm³/mol. The van der Waals surface area contributed by atoms with E-state index >= 15 is 0 Å². The van der Waals surface area contributed by atoms with Gasteiger partial charge in [0.2, 0.25) is 11.9 Å². The van der Waals surface area contributed by atoms with Gasteiger partial charge in [0.25, 0.3) is 5.91 Å². The Balaban J connectivity index is 0.00000441. The summed E-state index contributed by atoms with van der Waals surface area (Å²) in [4.78, 5) is 32.5. The van der Waals surface area contributed by atoms with Crippen molar-refractivity contribution in [2.45, 2.75) is 77.6 Å².